The van der Waals surface area contributed by atoms with Crippen molar-refractivity contribution in [3.63, 3.8) is 0 Å². The van der Waals surface area contributed by atoms with E-state index in [1.807, 2.05) is 0 Å². The maximum absolute atomic E-state index is 10.1. The average molecular weight is 284 g/mol. The van der Waals surface area contributed by atoms with Gasteiger partial charge in [0.2, 0.25) is 0 Å². The van der Waals surface area contributed by atoms with Crippen LogP contribution in [0.5, 0.6) is 0 Å². The molecule has 0 heterocycles. The van der Waals surface area contributed by atoms with Crippen molar-refractivity contribution >= 4 is 6.29 Å². The van der Waals surface area contributed by atoms with Crippen LogP contribution in [0, 0.1) is 0 Å². The first-order valence-corrected chi connectivity index (χ1v) is 8.19. The first-order valence-electron chi connectivity index (χ1n) is 8.19. The molecule has 0 aliphatic rings. The summed E-state index contributed by atoms with van der Waals surface area (Å²) in [6.07, 6.45) is 17.6. The fourth-order valence-corrected chi connectivity index (χ4v) is 1.90. The number of carbonyl (C=O) groups is 1. The quantitative estimate of drug-likeness (QED) is 0.173. The molecule has 0 unspecified atom stereocenters. The van der Waals surface area contributed by atoms with E-state index in [9.17, 15) is 4.79 Å². The molecule has 0 fully saturated rings. The fourth-order valence-electron chi connectivity index (χ4n) is 1.90. The third-order valence-corrected chi connectivity index (χ3v) is 3.18. The molecule has 0 saturated heterocycles. The van der Waals surface area contributed by atoms with Gasteiger partial charge in [-0.25, -0.2) is 0 Å². The minimum absolute atomic E-state index is 0.372. The molecule has 0 amide bonds. The first kappa shape index (κ1) is 19.2. The van der Waals surface area contributed by atoms with Crippen LogP contribution in [0.2, 0.25) is 0 Å². The Bertz CT molecular complexity index is 214. The smallest absolute Gasteiger partial charge is 0.188 e. The van der Waals surface area contributed by atoms with Gasteiger partial charge in [0.05, 0.1) is 12.9 Å². The van der Waals surface area contributed by atoms with Gasteiger partial charge in [-0.3, -0.25) is 0 Å². The number of allylic oxidation sites excluding steroid dienone is 1. The number of hydrogen-bond acceptors (Lipinski definition) is 3. The van der Waals surface area contributed by atoms with Gasteiger partial charge in [-0.05, 0) is 31.8 Å². The Morgan fingerprint density at radius 3 is 2.15 bits per heavy atom. The van der Waals surface area contributed by atoms with Gasteiger partial charge < -0.3 is 14.3 Å². The predicted octanol–water partition coefficient (Wildman–Crippen LogP) is 5.00. The van der Waals surface area contributed by atoms with Gasteiger partial charge in [0.15, 0.2) is 6.79 Å². The molecular formula is C17H32O3. The Hall–Kier alpha value is -0.830. The van der Waals surface area contributed by atoms with E-state index in [1.54, 1.807) is 6.26 Å². The SMILES string of the molecule is CCCCOCOC=CCCCCCCCCCC=O. The topological polar surface area (TPSA) is 35.5 Å². The van der Waals surface area contributed by atoms with Crippen LogP contribution in [-0.4, -0.2) is 19.7 Å². The van der Waals surface area contributed by atoms with E-state index in [0.29, 0.717) is 6.79 Å². The van der Waals surface area contributed by atoms with Crippen LogP contribution < -0.4 is 0 Å². The first-order chi connectivity index (χ1) is 9.91. The molecule has 0 aliphatic carbocycles. The molecule has 0 N–H and O–H groups in total. The van der Waals surface area contributed by atoms with Crippen molar-refractivity contribution in [2.75, 3.05) is 13.4 Å². The molecule has 0 spiro atoms. The summed E-state index contributed by atoms with van der Waals surface area (Å²) in [5.74, 6) is 0. The van der Waals surface area contributed by atoms with Gasteiger partial charge >= 0.3 is 0 Å². The summed E-state index contributed by atoms with van der Waals surface area (Å²) in [5, 5.41) is 0. The third-order valence-electron chi connectivity index (χ3n) is 3.18. The molecule has 0 saturated carbocycles. The summed E-state index contributed by atoms with van der Waals surface area (Å²) in [6, 6.07) is 0. The number of unbranched alkanes of at least 4 members (excludes halogenated alkanes) is 9. The van der Waals surface area contributed by atoms with Crippen LogP contribution in [0.3, 0.4) is 0 Å². The molecule has 118 valence electrons. The van der Waals surface area contributed by atoms with E-state index in [2.05, 4.69) is 13.0 Å². The third kappa shape index (κ3) is 17.2. The number of rotatable bonds is 16. The maximum atomic E-state index is 10.1. The summed E-state index contributed by atoms with van der Waals surface area (Å²) in [6.45, 7) is 3.31. The maximum Gasteiger partial charge on any atom is 0.188 e. The lowest BCUT2D eigenvalue weighted by atomic mass is 10.1. The molecule has 0 aromatic heterocycles. The van der Waals surface area contributed by atoms with Crippen molar-refractivity contribution in [1.82, 2.24) is 0 Å². The van der Waals surface area contributed by atoms with Gasteiger partial charge in [-0.2, -0.15) is 0 Å². The van der Waals surface area contributed by atoms with E-state index in [1.165, 1.54) is 38.5 Å². The average Bonchev–Trinajstić information content (AvgIpc) is 2.47. The van der Waals surface area contributed by atoms with Crippen LogP contribution in [0.15, 0.2) is 12.3 Å². The molecule has 0 aromatic rings. The number of ether oxygens (including phenoxy) is 2. The van der Waals surface area contributed by atoms with Crippen LogP contribution in [-0.2, 0) is 14.3 Å². The van der Waals surface area contributed by atoms with Gasteiger partial charge in [0, 0.05) is 6.42 Å². The van der Waals surface area contributed by atoms with Crippen molar-refractivity contribution in [3.05, 3.63) is 12.3 Å². The van der Waals surface area contributed by atoms with E-state index < -0.39 is 0 Å². The highest BCUT2D eigenvalue weighted by molar-refractivity contribution is 5.48. The Balaban J connectivity index is 3.02. The predicted molar refractivity (Wildman–Crippen MR) is 83.6 cm³/mol. The number of hydrogen-bond donors (Lipinski definition) is 0. The van der Waals surface area contributed by atoms with Gasteiger partial charge in [0.1, 0.15) is 6.29 Å². The summed E-state index contributed by atoms with van der Waals surface area (Å²) >= 11 is 0. The Morgan fingerprint density at radius 1 is 0.850 bits per heavy atom. The normalized spacial score (nSPS) is 11.1. The molecule has 0 aliphatic heterocycles. The largest absolute Gasteiger partial charge is 0.475 e. The highest BCUT2D eigenvalue weighted by Gasteiger charge is 1.91. The van der Waals surface area contributed by atoms with Crippen LogP contribution >= 0.6 is 0 Å². The Kier molecular flexibility index (Phi) is 17.4. The molecule has 0 rings (SSSR count). The summed E-state index contributed by atoms with van der Waals surface area (Å²) in [7, 11) is 0. The van der Waals surface area contributed by atoms with E-state index in [-0.39, 0.29) is 0 Å². The molecule has 0 atom stereocenters. The minimum atomic E-state index is 0.372. The zero-order chi connectivity index (χ0) is 14.7. The van der Waals surface area contributed by atoms with Crippen LogP contribution in [0.4, 0.5) is 0 Å². The molecule has 20 heavy (non-hydrogen) atoms. The van der Waals surface area contributed by atoms with Crippen LogP contribution in [0.25, 0.3) is 0 Å². The molecule has 0 radical (unpaired) electrons. The molecule has 3 nitrogen and oxygen atoms in total. The standard InChI is InChI=1S/C17H32O3/c1-2-3-15-19-17-20-16-13-11-9-7-5-4-6-8-10-12-14-18/h13-14,16H,2-12,15,17H2,1H3. The zero-order valence-electron chi connectivity index (χ0n) is 13.1. The summed E-state index contributed by atoms with van der Waals surface area (Å²) < 4.78 is 10.5. The molecular weight excluding hydrogens is 252 g/mol. The van der Waals surface area contributed by atoms with Gasteiger partial charge in [-0.1, -0.05) is 45.4 Å². The molecule has 0 bridgehead atoms. The zero-order valence-corrected chi connectivity index (χ0v) is 13.1. The lowest BCUT2D eigenvalue weighted by Crippen LogP contribution is -1.97. The second kappa shape index (κ2) is 18.2. The summed E-state index contributed by atoms with van der Waals surface area (Å²) in [4.78, 5) is 10.1. The van der Waals surface area contributed by atoms with Crippen molar-refractivity contribution < 1.29 is 14.3 Å². The van der Waals surface area contributed by atoms with E-state index >= 15 is 0 Å². The van der Waals surface area contributed by atoms with Gasteiger partial charge in [-0.15, -0.1) is 0 Å². The highest BCUT2D eigenvalue weighted by atomic mass is 16.7. The number of carbonyl (C=O) groups excluding carboxylic acids is 1. The fraction of sp³-hybridized carbons (Fsp3) is 0.824. The van der Waals surface area contributed by atoms with Crippen molar-refractivity contribution in [3.8, 4) is 0 Å². The molecule has 0 aromatic carbocycles. The second-order valence-corrected chi connectivity index (χ2v) is 5.14. The minimum Gasteiger partial charge on any atom is -0.475 e. The van der Waals surface area contributed by atoms with Crippen molar-refractivity contribution in [1.29, 1.82) is 0 Å². The summed E-state index contributed by atoms with van der Waals surface area (Å²) in [5.41, 5.74) is 0. The Labute approximate surface area is 124 Å². The van der Waals surface area contributed by atoms with Gasteiger partial charge in [0.25, 0.3) is 0 Å². The number of aldehydes is 1. The molecule has 3 heteroatoms. The van der Waals surface area contributed by atoms with Crippen molar-refractivity contribution in [2.45, 2.75) is 77.6 Å². The van der Waals surface area contributed by atoms with E-state index in [4.69, 9.17) is 9.47 Å². The highest BCUT2D eigenvalue weighted by Crippen LogP contribution is 2.09. The lowest BCUT2D eigenvalue weighted by Gasteiger charge is -2.02. The Morgan fingerprint density at radius 2 is 1.50 bits per heavy atom. The van der Waals surface area contributed by atoms with Crippen molar-refractivity contribution in [2.24, 2.45) is 0 Å². The monoisotopic (exact) mass is 284 g/mol. The lowest BCUT2D eigenvalue weighted by molar-refractivity contribution is -0.107. The van der Waals surface area contributed by atoms with Crippen LogP contribution in [0.1, 0.15) is 77.6 Å². The van der Waals surface area contributed by atoms with E-state index in [0.717, 1.165) is 45.0 Å². The second-order valence-electron chi connectivity index (χ2n) is 5.14.